The molecule has 0 bridgehead atoms. The smallest absolute Gasteiger partial charge is 0.340 e. The first kappa shape index (κ1) is 26.9. The second-order valence-corrected chi connectivity index (χ2v) is 12.7. The highest BCUT2D eigenvalue weighted by Crippen LogP contribution is 2.60. The largest absolute Gasteiger partial charge is 0.467 e. The number of methoxy groups -OCH3 is 1. The number of fused-ring (bicyclic) bond motifs is 2. The molecule has 200 valence electrons. The van der Waals surface area contributed by atoms with Crippen LogP contribution >= 0.6 is 15.9 Å². The molecule has 2 saturated carbocycles. The van der Waals surface area contributed by atoms with Gasteiger partial charge in [-0.15, -0.1) is 0 Å². The lowest BCUT2D eigenvalue weighted by Gasteiger charge is -2.44. The Bertz CT molecular complexity index is 1160. The fraction of sp³-hybridized carbons (Fsp3) is 0.594. The molecule has 37 heavy (non-hydrogen) atoms. The molecule has 2 unspecified atom stereocenters. The van der Waals surface area contributed by atoms with Gasteiger partial charge in [0.05, 0.1) is 7.11 Å². The van der Waals surface area contributed by atoms with Gasteiger partial charge in [0.2, 0.25) is 0 Å². The maximum Gasteiger partial charge on any atom is 0.340 e. The van der Waals surface area contributed by atoms with Crippen molar-refractivity contribution in [3.63, 3.8) is 0 Å². The van der Waals surface area contributed by atoms with Crippen LogP contribution in [0.15, 0.2) is 53.0 Å². The van der Waals surface area contributed by atoms with Crippen LogP contribution in [0, 0.1) is 23.2 Å². The molecular formula is C32H42BrNO3. The normalized spacial score (nSPS) is 34.1. The Balaban J connectivity index is 1.31. The topological polar surface area (TPSA) is 38.8 Å². The first-order valence-corrected chi connectivity index (χ1v) is 15.0. The summed E-state index contributed by atoms with van der Waals surface area (Å²) in [4.78, 5) is 21.3. The van der Waals surface area contributed by atoms with Gasteiger partial charge in [-0.1, -0.05) is 77.8 Å². The van der Waals surface area contributed by atoms with E-state index in [1.54, 1.807) is 5.57 Å². The minimum absolute atomic E-state index is 0.206. The van der Waals surface area contributed by atoms with E-state index in [-0.39, 0.29) is 12.0 Å². The molecule has 3 fully saturated rings. The van der Waals surface area contributed by atoms with Crippen molar-refractivity contribution in [1.29, 1.82) is 0 Å². The summed E-state index contributed by atoms with van der Waals surface area (Å²) in [6.45, 7) is 7.65. The highest BCUT2D eigenvalue weighted by atomic mass is 79.9. The van der Waals surface area contributed by atoms with E-state index in [0.29, 0.717) is 29.6 Å². The van der Waals surface area contributed by atoms with E-state index in [9.17, 15) is 4.79 Å². The maximum atomic E-state index is 12.7. The molecule has 0 N–H and O–H groups in total. The molecule has 2 aromatic rings. The molecule has 2 aliphatic carbocycles. The summed E-state index contributed by atoms with van der Waals surface area (Å²) in [5.41, 5.74) is 2.37. The average Bonchev–Trinajstić information content (AvgIpc) is 3.43. The number of rotatable bonds is 7. The zero-order valence-electron chi connectivity index (χ0n) is 22.8. The Labute approximate surface area is 230 Å². The fourth-order valence-electron chi connectivity index (χ4n) is 8.06. The van der Waals surface area contributed by atoms with E-state index in [2.05, 4.69) is 82.3 Å². The molecule has 0 amide bonds. The first-order valence-electron chi connectivity index (χ1n) is 14.1. The molecule has 1 heterocycles. The van der Waals surface area contributed by atoms with E-state index in [1.165, 1.54) is 55.5 Å². The molecule has 6 atom stereocenters. The number of hydroxylamine groups is 2. The van der Waals surface area contributed by atoms with Crippen molar-refractivity contribution in [2.24, 2.45) is 23.2 Å². The van der Waals surface area contributed by atoms with E-state index < -0.39 is 5.60 Å². The number of benzene rings is 2. The number of hydrogen-bond acceptors (Lipinski definition) is 4. The van der Waals surface area contributed by atoms with Gasteiger partial charge in [0, 0.05) is 19.0 Å². The third kappa shape index (κ3) is 5.16. The number of ether oxygens (including phenoxy) is 1. The van der Waals surface area contributed by atoms with Crippen LogP contribution in [-0.2, 0) is 20.8 Å². The van der Waals surface area contributed by atoms with Gasteiger partial charge in [0.1, 0.15) is 0 Å². The lowest BCUT2D eigenvalue weighted by Crippen LogP contribution is -2.38. The van der Waals surface area contributed by atoms with Crippen LogP contribution in [0.25, 0.3) is 10.8 Å². The summed E-state index contributed by atoms with van der Waals surface area (Å²) < 4.78 is 5.16. The van der Waals surface area contributed by atoms with Crippen LogP contribution in [0.2, 0.25) is 0 Å². The van der Waals surface area contributed by atoms with Gasteiger partial charge in [-0.2, -0.15) is 5.06 Å². The molecule has 0 radical (unpaired) electrons. The van der Waals surface area contributed by atoms with E-state index in [4.69, 9.17) is 9.57 Å². The van der Waals surface area contributed by atoms with Gasteiger partial charge in [-0.05, 0) is 96.4 Å². The predicted molar refractivity (Wildman–Crippen MR) is 153 cm³/mol. The van der Waals surface area contributed by atoms with E-state index in [1.807, 2.05) is 6.92 Å². The van der Waals surface area contributed by atoms with Gasteiger partial charge < -0.3 is 4.74 Å². The third-order valence-corrected chi connectivity index (χ3v) is 10.5. The van der Waals surface area contributed by atoms with Crippen LogP contribution in [0.3, 0.4) is 0 Å². The second kappa shape index (κ2) is 10.8. The Morgan fingerprint density at radius 3 is 2.76 bits per heavy atom. The zero-order chi connectivity index (χ0) is 26.2. The summed E-state index contributed by atoms with van der Waals surface area (Å²) >= 11 is 3.66. The molecule has 0 spiro atoms. The molecule has 1 saturated heterocycles. The fourth-order valence-corrected chi connectivity index (χ4v) is 8.61. The molecule has 3 aliphatic rings. The lowest BCUT2D eigenvalue weighted by molar-refractivity contribution is -0.215. The summed E-state index contributed by atoms with van der Waals surface area (Å²) in [6.07, 6.45) is 9.06. The average molecular weight is 569 g/mol. The number of nitrogens with zero attached hydrogens (tertiary/aromatic N) is 1. The standard InChI is InChI=1S/C32H42BrNO3/c1-22(28-13-14-29-26(21-33)10-7-16-31(28,29)2)18-27-20-32(3,30(35)36-4)37-34(27)17-15-23-11-12-24-8-5-6-9-25(24)19-23/h5-6,8-9,11-12,19,21-22,27-29H,7,10,13-18,20H2,1-4H3/t22-,27?,28-,29+,31-,32?/m1/s1. The number of allylic oxidation sites excluding steroid dienone is 1. The number of esters is 1. The SMILES string of the molecule is COC(=O)C1(C)CC(C[C@@H](C)[C@H]2CC[C@H]3C(=CBr)CCC[C@]23C)N(CCc2ccc3ccccc3c2)O1. The maximum absolute atomic E-state index is 12.7. The number of halogens is 1. The molecule has 4 nitrogen and oxygen atoms in total. The molecule has 5 heteroatoms. The Morgan fingerprint density at radius 1 is 1.22 bits per heavy atom. The highest BCUT2D eigenvalue weighted by Gasteiger charge is 2.53. The molecule has 1 aliphatic heterocycles. The molecule has 0 aromatic heterocycles. The van der Waals surface area contributed by atoms with Gasteiger partial charge >= 0.3 is 5.97 Å². The van der Waals surface area contributed by atoms with Gasteiger partial charge in [-0.3, -0.25) is 4.84 Å². The van der Waals surface area contributed by atoms with Crippen LogP contribution < -0.4 is 0 Å². The summed E-state index contributed by atoms with van der Waals surface area (Å²) in [5, 5.41) is 4.64. The minimum atomic E-state index is -0.915. The van der Waals surface area contributed by atoms with E-state index in [0.717, 1.165) is 19.4 Å². The quantitative estimate of drug-likeness (QED) is 0.319. The van der Waals surface area contributed by atoms with Crippen molar-refractivity contribution >= 4 is 32.7 Å². The summed E-state index contributed by atoms with van der Waals surface area (Å²) in [6, 6.07) is 15.4. The number of carbonyl (C=O) groups is 1. The van der Waals surface area contributed by atoms with Gasteiger partial charge in [0.15, 0.2) is 5.60 Å². The van der Waals surface area contributed by atoms with Crippen LogP contribution in [0.4, 0.5) is 0 Å². The van der Waals surface area contributed by atoms with Crippen molar-refractivity contribution in [3.05, 3.63) is 58.6 Å². The zero-order valence-corrected chi connectivity index (χ0v) is 24.4. The summed E-state index contributed by atoms with van der Waals surface area (Å²) in [5.74, 6) is 1.71. The van der Waals surface area contributed by atoms with Gasteiger partial charge in [0.25, 0.3) is 0 Å². The molecular weight excluding hydrogens is 526 g/mol. The minimum Gasteiger partial charge on any atom is -0.467 e. The summed E-state index contributed by atoms with van der Waals surface area (Å²) in [7, 11) is 1.46. The van der Waals surface area contributed by atoms with E-state index >= 15 is 0 Å². The first-order chi connectivity index (χ1) is 17.8. The Kier molecular flexibility index (Phi) is 7.87. The van der Waals surface area contributed by atoms with Crippen molar-refractivity contribution < 1.29 is 14.4 Å². The predicted octanol–water partition coefficient (Wildman–Crippen LogP) is 7.84. The van der Waals surface area contributed by atoms with Crippen LogP contribution in [0.1, 0.15) is 71.3 Å². The molecule has 2 aromatic carbocycles. The van der Waals surface area contributed by atoms with Crippen molar-refractivity contribution in [1.82, 2.24) is 5.06 Å². The highest BCUT2D eigenvalue weighted by molar-refractivity contribution is 9.11. The second-order valence-electron chi connectivity index (χ2n) is 12.2. The van der Waals surface area contributed by atoms with Gasteiger partial charge in [-0.25, -0.2) is 4.79 Å². The van der Waals surface area contributed by atoms with Crippen molar-refractivity contribution in [2.45, 2.75) is 83.8 Å². The number of hydrogen-bond donors (Lipinski definition) is 0. The molecule has 5 rings (SSSR count). The van der Waals surface area contributed by atoms with Crippen molar-refractivity contribution in [2.75, 3.05) is 13.7 Å². The lowest BCUT2D eigenvalue weighted by atomic mass is 9.61. The monoisotopic (exact) mass is 567 g/mol. The Morgan fingerprint density at radius 2 is 2.00 bits per heavy atom. The number of carbonyl (C=O) groups excluding carboxylic acids is 1. The Hall–Kier alpha value is -1.69. The third-order valence-electron chi connectivity index (χ3n) is 9.91. The van der Waals surface area contributed by atoms with Crippen molar-refractivity contribution in [3.8, 4) is 0 Å². The van der Waals surface area contributed by atoms with Crippen LogP contribution in [0.5, 0.6) is 0 Å². The van der Waals surface area contributed by atoms with Crippen LogP contribution in [-0.4, -0.2) is 36.3 Å².